The van der Waals surface area contributed by atoms with Crippen LogP contribution < -0.4 is 10.2 Å². The van der Waals surface area contributed by atoms with Crippen LogP contribution >= 0.6 is 0 Å². The Labute approximate surface area is 218 Å². The highest BCUT2D eigenvalue weighted by Crippen LogP contribution is 2.38. The van der Waals surface area contributed by atoms with Gasteiger partial charge in [0.15, 0.2) is 0 Å². The first-order valence-corrected chi connectivity index (χ1v) is 13.1. The van der Waals surface area contributed by atoms with Crippen molar-refractivity contribution in [2.75, 3.05) is 36.5 Å². The minimum atomic E-state index is -0.898. The van der Waals surface area contributed by atoms with Gasteiger partial charge < -0.3 is 19.9 Å². The number of nitrogens with zero attached hydrogens (tertiary/aromatic N) is 3. The quantitative estimate of drug-likeness (QED) is 0.497. The standard InChI is InChI=1S/C30H34N4O3/c35-28(21-24-7-2-1-3-8-24)34(23-25-9-6-16-31-22-25)30(14-4-5-15-30)29(36)32-26-10-12-27(13-11-26)33-17-19-37-20-18-33/h1-3,6-13,16,22H,4-5,14-15,17-21,23H2,(H,32,36). The van der Waals surface area contributed by atoms with E-state index in [0.717, 1.165) is 61.6 Å². The molecule has 37 heavy (non-hydrogen) atoms. The molecule has 2 amide bonds. The molecule has 192 valence electrons. The van der Waals surface area contributed by atoms with E-state index in [1.165, 1.54) is 0 Å². The third-order valence-corrected chi connectivity index (χ3v) is 7.43. The number of ether oxygens (including phenoxy) is 1. The van der Waals surface area contributed by atoms with Crippen LogP contribution in [0, 0.1) is 0 Å². The lowest BCUT2D eigenvalue weighted by atomic mass is 9.91. The van der Waals surface area contributed by atoms with Crippen LogP contribution in [0.4, 0.5) is 11.4 Å². The predicted molar refractivity (Wildman–Crippen MR) is 144 cm³/mol. The number of rotatable bonds is 8. The number of aromatic nitrogens is 1. The summed E-state index contributed by atoms with van der Waals surface area (Å²) < 4.78 is 5.45. The van der Waals surface area contributed by atoms with Crippen LogP contribution in [0.15, 0.2) is 79.1 Å². The molecule has 5 rings (SSSR count). The SMILES string of the molecule is O=C(Cc1ccccc1)N(Cc1cccnc1)C1(C(=O)Nc2ccc(N3CCOCC3)cc2)CCCC1. The number of hydrogen-bond donors (Lipinski definition) is 1. The molecule has 2 heterocycles. The summed E-state index contributed by atoms with van der Waals surface area (Å²) in [7, 11) is 0. The van der Waals surface area contributed by atoms with E-state index in [1.807, 2.05) is 66.7 Å². The number of amides is 2. The molecule has 2 aliphatic rings. The molecule has 1 aliphatic heterocycles. The maximum absolute atomic E-state index is 14.0. The van der Waals surface area contributed by atoms with Gasteiger partial charge >= 0.3 is 0 Å². The van der Waals surface area contributed by atoms with Crippen LogP contribution in [0.3, 0.4) is 0 Å². The van der Waals surface area contributed by atoms with Crippen LogP contribution in [-0.2, 0) is 27.3 Å². The van der Waals surface area contributed by atoms with Crippen molar-refractivity contribution in [1.82, 2.24) is 9.88 Å². The van der Waals surface area contributed by atoms with Gasteiger partial charge in [-0.05, 0) is 54.3 Å². The summed E-state index contributed by atoms with van der Waals surface area (Å²) >= 11 is 0. The van der Waals surface area contributed by atoms with E-state index >= 15 is 0 Å². The van der Waals surface area contributed by atoms with Crippen molar-refractivity contribution in [3.8, 4) is 0 Å². The third-order valence-electron chi connectivity index (χ3n) is 7.43. The minimum absolute atomic E-state index is 0.0465. The minimum Gasteiger partial charge on any atom is -0.378 e. The van der Waals surface area contributed by atoms with Crippen LogP contribution in [-0.4, -0.2) is 53.5 Å². The molecule has 1 saturated carbocycles. The summed E-state index contributed by atoms with van der Waals surface area (Å²) in [6, 6.07) is 21.5. The summed E-state index contributed by atoms with van der Waals surface area (Å²) in [4.78, 5) is 36.1. The molecule has 0 atom stereocenters. The van der Waals surface area contributed by atoms with Gasteiger partial charge in [-0.15, -0.1) is 0 Å². The fourth-order valence-electron chi connectivity index (χ4n) is 5.42. The smallest absolute Gasteiger partial charge is 0.250 e. The number of hydrogen-bond acceptors (Lipinski definition) is 5. The Morgan fingerprint density at radius 2 is 1.62 bits per heavy atom. The van der Waals surface area contributed by atoms with Crippen LogP contribution in [0.25, 0.3) is 0 Å². The number of pyridine rings is 1. The first-order chi connectivity index (χ1) is 18.1. The average molecular weight is 499 g/mol. The maximum Gasteiger partial charge on any atom is 0.250 e. The molecule has 0 bridgehead atoms. The number of carbonyl (C=O) groups excluding carboxylic acids is 2. The first kappa shape index (κ1) is 25.0. The van der Waals surface area contributed by atoms with Gasteiger partial charge in [0.05, 0.1) is 19.6 Å². The van der Waals surface area contributed by atoms with E-state index in [0.29, 0.717) is 19.4 Å². The van der Waals surface area contributed by atoms with E-state index in [2.05, 4.69) is 15.2 Å². The highest BCUT2D eigenvalue weighted by molar-refractivity contribution is 6.01. The van der Waals surface area contributed by atoms with Gasteiger partial charge in [-0.25, -0.2) is 0 Å². The molecule has 3 aromatic rings. The van der Waals surface area contributed by atoms with Crippen molar-refractivity contribution in [2.24, 2.45) is 0 Å². The van der Waals surface area contributed by atoms with Crippen molar-refractivity contribution in [3.63, 3.8) is 0 Å². The third kappa shape index (κ3) is 5.83. The summed E-state index contributed by atoms with van der Waals surface area (Å²) in [5, 5.41) is 3.15. The monoisotopic (exact) mass is 498 g/mol. The number of nitrogens with one attached hydrogen (secondary N) is 1. The Hall–Kier alpha value is -3.71. The normalized spacial score (nSPS) is 16.8. The van der Waals surface area contributed by atoms with E-state index in [1.54, 1.807) is 17.3 Å². The topological polar surface area (TPSA) is 74.8 Å². The zero-order valence-corrected chi connectivity index (χ0v) is 21.1. The second-order valence-corrected chi connectivity index (χ2v) is 9.84. The van der Waals surface area contributed by atoms with E-state index in [4.69, 9.17) is 4.74 Å². The molecule has 0 unspecified atom stereocenters. The van der Waals surface area contributed by atoms with E-state index < -0.39 is 5.54 Å². The predicted octanol–water partition coefficient (Wildman–Crippen LogP) is 4.44. The Morgan fingerprint density at radius 3 is 2.30 bits per heavy atom. The van der Waals surface area contributed by atoms with Crippen molar-refractivity contribution in [1.29, 1.82) is 0 Å². The second-order valence-electron chi connectivity index (χ2n) is 9.84. The maximum atomic E-state index is 14.0. The zero-order chi connectivity index (χ0) is 25.5. The molecule has 0 spiro atoms. The summed E-state index contributed by atoms with van der Waals surface area (Å²) in [5.41, 5.74) is 2.82. The van der Waals surface area contributed by atoms with Crippen molar-refractivity contribution < 1.29 is 14.3 Å². The molecule has 7 nitrogen and oxygen atoms in total. The second kappa shape index (κ2) is 11.6. The van der Waals surface area contributed by atoms with Crippen LogP contribution in [0.5, 0.6) is 0 Å². The molecule has 2 fully saturated rings. The first-order valence-electron chi connectivity index (χ1n) is 13.1. The Morgan fingerprint density at radius 1 is 0.919 bits per heavy atom. The van der Waals surface area contributed by atoms with Crippen molar-refractivity contribution >= 4 is 23.2 Å². The Kier molecular flexibility index (Phi) is 7.80. The average Bonchev–Trinajstić information content (AvgIpc) is 3.45. The molecule has 2 aromatic carbocycles. The van der Waals surface area contributed by atoms with Crippen LogP contribution in [0.2, 0.25) is 0 Å². The van der Waals surface area contributed by atoms with Crippen molar-refractivity contribution in [2.45, 2.75) is 44.2 Å². The molecular weight excluding hydrogens is 464 g/mol. The molecule has 1 aromatic heterocycles. The highest BCUT2D eigenvalue weighted by Gasteiger charge is 2.48. The lowest BCUT2D eigenvalue weighted by molar-refractivity contribution is -0.145. The van der Waals surface area contributed by atoms with Gasteiger partial charge in [0.2, 0.25) is 11.8 Å². The molecule has 7 heteroatoms. The zero-order valence-electron chi connectivity index (χ0n) is 21.1. The number of benzene rings is 2. The number of anilines is 2. The fraction of sp³-hybridized carbons (Fsp3) is 0.367. The van der Waals surface area contributed by atoms with Gasteiger partial charge in [0.25, 0.3) is 0 Å². The number of morpholine rings is 1. The fourth-order valence-corrected chi connectivity index (χ4v) is 5.42. The number of carbonyl (C=O) groups is 2. The van der Waals surface area contributed by atoms with Gasteiger partial charge in [-0.1, -0.05) is 49.2 Å². The van der Waals surface area contributed by atoms with Gasteiger partial charge in [-0.3, -0.25) is 14.6 Å². The lowest BCUT2D eigenvalue weighted by Gasteiger charge is -2.40. The summed E-state index contributed by atoms with van der Waals surface area (Å²) in [6.07, 6.45) is 6.85. The molecule has 1 aliphatic carbocycles. The molecule has 0 radical (unpaired) electrons. The lowest BCUT2D eigenvalue weighted by Crippen LogP contribution is -2.57. The highest BCUT2D eigenvalue weighted by atomic mass is 16.5. The summed E-state index contributed by atoms with van der Waals surface area (Å²) in [5.74, 6) is -0.163. The molecular formula is C30H34N4O3. The van der Waals surface area contributed by atoms with Gasteiger partial charge in [0, 0.05) is 43.4 Å². The molecule has 1 saturated heterocycles. The van der Waals surface area contributed by atoms with E-state index in [-0.39, 0.29) is 18.2 Å². The summed E-state index contributed by atoms with van der Waals surface area (Å²) in [6.45, 7) is 3.53. The van der Waals surface area contributed by atoms with Crippen LogP contribution in [0.1, 0.15) is 36.8 Å². The Bertz CT molecular complexity index is 1170. The largest absolute Gasteiger partial charge is 0.378 e. The van der Waals surface area contributed by atoms with Gasteiger partial charge in [-0.2, -0.15) is 0 Å². The van der Waals surface area contributed by atoms with E-state index in [9.17, 15) is 9.59 Å². The van der Waals surface area contributed by atoms with Gasteiger partial charge in [0.1, 0.15) is 5.54 Å². The molecule has 1 N–H and O–H groups in total. The van der Waals surface area contributed by atoms with Crippen molar-refractivity contribution in [3.05, 3.63) is 90.3 Å². The Balaban J connectivity index is 1.39.